The van der Waals surface area contributed by atoms with E-state index in [0.29, 0.717) is 22.1 Å². The number of rotatable bonds is 3. The van der Waals surface area contributed by atoms with Gasteiger partial charge in [0.15, 0.2) is 5.76 Å². The largest absolute Gasteiger partial charge is 0.452 e. The number of esters is 1. The van der Waals surface area contributed by atoms with Crippen molar-refractivity contribution in [2.45, 2.75) is 32.1 Å². The van der Waals surface area contributed by atoms with E-state index in [9.17, 15) is 9.59 Å². The van der Waals surface area contributed by atoms with E-state index >= 15 is 0 Å². The molecule has 0 spiro atoms. The normalized spacial score (nSPS) is 18.3. The van der Waals surface area contributed by atoms with Crippen molar-refractivity contribution < 1.29 is 19.1 Å². The Morgan fingerprint density at radius 3 is 2.56 bits per heavy atom. The van der Waals surface area contributed by atoms with Gasteiger partial charge in [-0.2, -0.15) is 0 Å². The van der Waals surface area contributed by atoms with Crippen LogP contribution in [0.1, 0.15) is 48.0 Å². The van der Waals surface area contributed by atoms with Crippen LogP contribution in [0.25, 0.3) is 6.08 Å². The molecule has 0 radical (unpaired) electrons. The van der Waals surface area contributed by atoms with E-state index in [1.807, 2.05) is 12.1 Å². The average Bonchev–Trinajstić information content (AvgIpc) is 2.99. The number of Topliss-reactive ketones (excluding diaryl/α,β-unsaturated/α-hetero) is 1. The molecular formula is C22H19ClO4. The summed E-state index contributed by atoms with van der Waals surface area (Å²) < 4.78 is 11.2. The lowest BCUT2D eigenvalue weighted by Crippen LogP contribution is -2.22. The Kier molecular flexibility index (Phi) is 4.99. The summed E-state index contributed by atoms with van der Waals surface area (Å²) in [6.07, 6.45) is 6.76. The summed E-state index contributed by atoms with van der Waals surface area (Å²) in [6, 6.07) is 12.0. The maximum atomic E-state index is 12.5. The smallest absolute Gasteiger partial charge is 0.314 e. The molecule has 0 N–H and O–H groups in total. The third-order valence-electron chi connectivity index (χ3n) is 4.97. The maximum absolute atomic E-state index is 12.5. The summed E-state index contributed by atoms with van der Waals surface area (Å²) in [5.41, 5.74) is 1.28. The van der Waals surface area contributed by atoms with E-state index < -0.39 is 0 Å². The van der Waals surface area contributed by atoms with Crippen LogP contribution in [-0.4, -0.2) is 11.8 Å². The van der Waals surface area contributed by atoms with Gasteiger partial charge >= 0.3 is 5.97 Å². The number of ether oxygens (including phenoxy) is 2. The number of hydrogen-bond acceptors (Lipinski definition) is 4. The third kappa shape index (κ3) is 3.91. The predicted molar refractivity (Wildman–Crippen MR) is 103 cm³/mol. The summed E-state index contributed by atoms with van der Waals surface area (Å²) >= 11 is 5.88. The van der Waals surface area contributed by atoms with E-state index in [1.54, 1.807) is 36.4 Å². The molecule has 0 saturated heterocycles. The van der Waals surface area contributed by atoms with Gasteiger partial charge in [0.25, 0.3) is 0 Å². The Morgan fingerprint density at radius 2 is 1.81 bits per heavy atom. The Hall–Kier alpha value is -2.59. The minimum Gasteiger partial charge on any atom is -0.452 e. The van der Waals surface area contributed by atoms with Crippen molar-refractivity contribution in [3.63, 3.8) is 0 Å². The number of halogens is 1. The van der Waals surface area contributed by atoms with E-state index in [1.165, 1.54) is 6.42 Å². The van der Waals surface area contributed by atoms with E-state index in [4.69, 9.17) is 21.1 Å². The minimum atomic E-state index is -0.198. The van der Waals surface area contributed by atoms with Gasteiger partial charge in [0.05, 0.1) is 11.5 Å². The molecule has 27 heavy (non-hydrogen) atoms. The van der Waals surface area contributed by atoms with Crippen LogP contribution in [0.5, 0.6) is 11.5 Å². The van der Waals surface area contributed by atoms with Crippen LogP contribution < -0.4 is 9.47 Å². The van der Waals surface area contributed by atoms with Crippen LogP contribution in [0.2, 0.25) is 5.02 Å². The second-order valence-corrected chi connectivity index (χ2v) is 7.34. The number of fused-ring (bicyclic) bond motifs is 1. The van der Waals surface area contributed by atoms with Crippen molar-refractivity contribution in [1.29, 1.82) is 0 Å². The Balaban J connectivity index is 1.50. The Labute approximate surface area is 162 Å². The number of hydrogen-bond donors (Lipinski definition) is 0. The zero-order valence-electron chi connectivity index (χ0n) is 14.7. The molecule has 0 bridgehead atoms. The van der Waals surface area contributed by atoms with Crippen LogP contribution in [0.3, 0.4) is 0 Å². The molecule has 0 unspecified atom stereocenters. The van der Waals surface area contributed by atoms with Crippen LogP contribution in [0.15, 0.2) is 48.2 Å². The number of benzene rings is 2. The van der Waals surface area contributed by atoms with Crippen molar-refractivity contribution in [2.75, 3.05) is 0 Å². The highest BCUT2D eigenvalue weighted by molar-refractivity contribution is 6.30. The van der Waals surface area contributed by atoms with Gasteiger partial charge in [-0.05, 0) is 48.7 Å². The molecule has 0 aromatic heterocycles. The van der Waals surface area contributed by atoms with Gasteiger partial charge in [0.2, 0.25) is 5.78 Å². The fourth-order valence-corrected chi connectivity index (χ4v) is 3.60. The molecule has 2 aromatic rings. The highest BCUT2D eigenvalue weighted by Crippen LogP contribution is 2.35. The van der Waals surface area contributed by atoms with Crippen molar-refractivity contribution >= 4 is 29.4 Å². The minimum absolute atomic E-state index is 0.0325. The molecule has 0 atom stereocenters. The van der Waals surface area contributed by atoms with Gasteiger partial charge in [-0.15, -0.1) is 0 Å². The highest BCUT2D eigenvalue weighted by atomic mass is 35.5. The zero-order valence-corrected chi connectivity index (χ0v) is 15.5. The van der Waals surface area contributed by atoms with Crippen LogP contribution in [0, 0.1) is 5.92 Å². The van der Waals surface area contributed by atoms with Crippen LogP contribution in [-0.2, 0) is 4.79 Å². The molecule has 2 aromatic carbocycles. The number of allylic oxidation sites excluding steroid dienone is 1. The first kappa shape index (κ1) is 17.8. The third-order valence-corrected chi connectivity index (χ3v) is 5.22. The summed E-state index contributed by atoms with van der Waals surface area (Å²) in [5, 5.41) is 0.628. The lowest BCUT2D eigenvalue weighted by molar-refractivity contribution is -0.139. The second-order valence-electron chi connectivity index (χ2n) is 6.91. The van der Waals surface area contributed by atoms with Crippen LogP contribution in [0.4, 0.5) is 0 Å². The summed E-state index contributed by atoms with van der Waals surface area (Å²) in [4.78, 5) is 24.8. The van der Waals surface area contributed by atoms with E-state index in [2.05, 4.69) is 0 Å². The molecule has 1 aliphatic carbocycles. The monoisotopic (exact) mass is 382 g/mol. The van der Waals surface area contributed by atoms with Gasteiger partial charge in [-0.3, -0.25) is 9.59 Å². The number of ketones is 1. The van der Waals surface area contributed by atoms with Crippen molar-refractivity contribution in [3.8, 4) is 11.5 Å². The van der Waals surface area contributed by atoms with Crippen molar-refractivity contribution in [2.24, 2.45) is 5.92 Å². The highest BCUT2D eigenvalue weighted by Gasteiger charge is 2.29. The Morgan fingerprint density at radius 1 is 1.07 bits per heavy atom. The summed E-state index contributed by atoms with van der Waals surface area (Å²) in [6.45, 7) is 0. The molecule has 1 fully saturated rings. The van der Waals surface area contributed by atoms with Gasteiger partial charge in [-0.25, -0.2) is 0 Å². The maximum Gasteiger partial charge on any atom is 0.314 e. The van der Waals surface area contributed by atoms with Gasteiger partial charge in [0, 0.05) is 11.1 Å². The lowest BCUT2D eigenvalue weighted by Gasteiger charge is -2.19. The first-order chi connectivity index (χ1) is 13.1. The van der Waals surface area contributed by atoms with Gasteiger partial charge in [-0.1, -0.05) is 43.0 Å². The molecule has 138 valence electrons. The SMILES string of the molecule is O=C1C(=Cc2ccc(Cl)cc2)Oc2cc(OC(=O)C3CCCCC3)ccc21. The molecule has 4 rings (SSSR count). The van der Waals surface area contributed by atoms with Gasteiger partial charge in [0.1, 0.15) is 11.5 Å². The molecule has 0 amide bonds. The second kappa shape index (κ2) is 7.57. The summed E-state index contributed by atoms with van der Waals surface area (Å²) in [7, 11) is 0. The van der Waals surface area contributed by atoms with Crippen LogP contribution >= 0.6 is 11.6 Å². The van der Waals surface area contributed by atoms with E-state index in [0.717, 1.165) is 31.2 Å². The molecular weight excluding hydrogens is 364 g/mol. The average molecular weight is 383 g/mol. The molecule has 2 aliphatic rings. The standard InChI is InChI=1S/C22H19ClO4/c23-16-8-6-14(7-9-16)12-20-21(24)18-11-10-17(13-19(18)27-20)26-22(25)15-4-2-1-3-5-15/h6-13,15H,1-5H2. The first-order valence-corrected chi connectivity index (χ1v) is 9.53. The Bertz CT molecular complexity index is 908. The van der Waals surface area contributed by atoms with E-state index in [-0.39, 0.29) is 23.4 Å². The molecule has 5 heteroatoms. The fraction of sp³-hybridized carbons (Fsp3) is 0.273. The molecule has 1 aliphatic heterocycles. The topological polar surface area (TPSA) is 52.6 Å². The zero-order chi connectivity index (χ0) is 18.8. The summed E-state index contributed by atoms with van der Waals surface area (Å²) in [5.74, 6) is 0.637. The van der Waals surface area contributed by atoms with Crippen molar-refractivity contribution in [1.82, 2.24) is 0 Å². The quantitative estimate of drug-likeness (QED) is 0.403. The number of carbonyl (C=O) groups is 2. The molecule has 4 nitrogen and oxygen atoms in total. The predicted octanol–water partition coefficient (Wildman–Crippen LogP) is 5.44. The molecule has 1 saturated carbocycles. The number of carbonyl (C=O) groups excluding carboxylic acids is 2. The first-order valence-electron chi connectivity index (χ1n) is 9.16. The fourth-order valence-electron chi connectivity index (χ4n) is 3.48. The van der Waals surface area contributed by atoms with Crippen molar-refractivity contribution in [3.05, 3.63) is 64.4 Å². The van der Waals surface area contributed by atoms with Gasteiger partial charge < -0.3 is 9.47 Å². The lowest BCUT2D eigenvalue weighted by atomic mass is 9.89. The molecule has 1 heterocycles.